The van der Waals surface area contributed by atoms with Crippen LogP contribution in [0.1, 0.15) is 19.3 Å². The average Bonchev–Trinajstić information content (AvgIpc) is 2.40. The molecule has 0 amide bonds. The summed E-state index contributed by atoms with van der Waals surface area (Å²) in [7, 11) is -3.56. The number of nitrogens with two attached hydrogens (primary N) is 1. The minimum absolute atomic E-state index is 0.0497. The molecule has 0 aliphatic carbocycles. The van der Waals surface area contributed by atoms with Crippen molar-refractivity contribution in [1.29, 1.82) is 0 Å². The van der Waals surface area contributed by atoms with Crippen LogP contribution in [-0.4, -0.2) is 44.5 Å². The molecule has 7 heteroatoms. The van der Waals surface area contributed by atoms with Gasteiger partial charge in [-0.2, -0.15) is 0 Å². The van der Waals surface area contributed by atoms with E-state index in [2.05, 4.69) is 14.6 Å². The summed E-state index contributed by atoms with van der Waals surface area (Å²) < 4.78 is 26.7. The number of anilines is 1. The van der Waals surface area contributed by atoms with Gasteiger partial charge in [-0.25, -0.2) is 13.1 Å². The zero-order valence-electron chi connectivity index (χ0n) is 10.9. The zero-order chi connectivity index (χ0) is 13.7. The first-order chi connectivity index (χ1) is 9.09. The standard InChI is InChI=1S/C12H20N4O2S/c13-11-4-5-14-10-12(11)19(17,18)15-6-9-16-7-2-1-3-8-16/h4-5,10,15H,1-3,6-9H2,(H2,13,14). The van der Waals surface area contributed by atoms with E-state index in [1.54, 1.807) is 0 Å². The summed E-state index contributed by atoms with van der Waals surface area (Å²) in [6.45, 7) is 3.24. The van der Waals surface area contributed by atoms with E-state index in [4.69, 9.17) is 5.73 Å². The van der Waals surface area contributed by atoms with Gasteiger partial charge in [0.05, 0.1) is 5.69 Å². The van der Waals surface area contributed by atoms with E-state index < -0.39 is 10.0 Å². The van der Waals surface area contributed by atoms with Gasteiger partial charge in [-0.3, -0.25) is 4.98 Å². The third-order valence-electron chi connectivity index (χ3n) is 3.27. The molecule has 1 saturated heterocycles. The Balaban J connectivity index is 1.89. The van der Waals surface area contributed by atoms with Crippen LogP contribution in [0, 0.1) is 0 Å². The predicted octanol–water partition coefficient (Wildman–Crippen LogP) is 0.428. The summed E-state index contributed by atoms with van der Waals surface area (Å²) in [6, 6.07) is 1.49. The molecule has 2 rings (SSSR count). The van der Waals surface area contributed by atoms with Crippen molar-refractivity contribution in [3.8, 4) is 0 Å². The number of hydrogen-bond donors (Lipinski definition) is 2. The monoisotopic (exact) mass is 284 g/mol. The Labute approximate surface area is 114 Å². The van der Waals surface area contributed by atoms with Crippen molar-refractivity contribution in [2.24, 2.45) is 0 Å². The molecule has 2 heterocycles. The third-order valence-corrected chi connectivity index (χ3v) is 4.78. The second-order valence-electron chi connectivity index (χ2n) is 4.71. The molecular formula is C12H20N4O2S. The first-order valence-electron chi connectivity index (χ1n) is 6.51. The fourth-order valence-corrected chi connectivity index (χ4v) is 3.31. The lowest BCUT2D eigenvalue weighted by molar-refractivity contribution is 0.233. The van der Waals surface area contributed by atoms with Crippen LogP contribution in [0.4, 0.5) is 5.69 Å². The van der Waals surface area contributed by atoms with Crippen molar-refractivity contribution >= 4 is 15.7 Å². The summed E-state index contributed by atoms with van der Waals surface area (Å²) in [5.74, 6) is 0. The van der Waals surface area contributed by atoms with Crippen molar-refractivity contribution < 1.29 is 8.42 Å². The first-order valence-corrected chi connectivity index (χ1v) is 7.99. The molecule has 1 aliphatic rings. The van der Waals surface area contributed by atoms with Gasteiger partial charge < -0.3 is 10.6 Å². The highest BCUT2D eigenvalue weighted by atomic mass is 32.2. The van der Waals surface area contributed by atoms with Crippen molar-refractivity contribution in [3.63, 3.8) is 0 Å². The Kier molecular flexibility index (Phi) is 4.73. The van der Waals surface area contributed by atoms with E-state index in [1.165, 1.54) is 37.7 Å². The summed E-state index contributed by atoms with van der Waals surface area (Å²) in [5.41, 5.74) is 5.87. The Morgan fingerprint density at radius 3 is 2.74 bits per heavy atom. The Bertz CT molecular complexity index is 512. The normalized spacial score (nSPS) is 17.5. The van der Waals surface area contributed by atoms with Gasteiger partial charge >= 0.3 is 0 Å². The molecule has 0 saturated carbocycles. The summed E-state index contributed by atoms with van der Waals surface area (Å²) >= 11 is 0. The van der Waals surface area contributed by atoms with Crippen molar-refractivity contribution in [2.75, 3.05) is 31.9 Å². The van der Waals surface area contributed by atoms with E-state index in [-0.39, 0.29) is 10.6 Å². The van der Waals surface area contributed by atoms with Gasteiger partial charge in [-0.1, -0.05) is 6.42 Å². The quantitative estimate of drug-likeness (QED) is 0.818. The number of piperidine rings is 1. The largest absolute Gasteiger partial charge is 0.398 e. The van der Waals surface area contributed by atoms with Crippen molar-refractivity contribution in [2.45, 2.75) is 24.2 Å². The van der Waals surface area contributed by atoms with Crippen LogP contribution in [0.15, 0.2) is 23.4 Å². The lowest BCUT2D eigenvalue weighted by Gasteiger charge is -2.26. The number of nitrogens with zero attached hydrogens (tertiary/aromatic N) is 2. The van der Waals surface area contributed by atoms with E-state index in [0.717, 1.165) is 19.6 Å². The molecule has 0 spiro atoms. The molecule has 1 fully saturated rings. The van der Waals surface area contributed by atoms with Gasteiger partial charge in [0.2, 0.25) is 10.0 Å². The molecule has 0 bridgehead atoms. The SMILES string of the molecule is Nc1ccncc1S(=O)(=O)NCCN1CCCCC1. The molecular weight excluding hydrogens is 264 g/mol. The van der Waals surface area contributed by atoms with Crippen molar-refractivity contribution in [3.05, 3.63) is 18.5 Å². The van der Waals surface area contributed by atoms with Crippen LogP contribution in [0.3, 0.4) is 0 Å². The average molecular weight is 284 g/mol. The number of nitrogen functional groups attached to an aromatic ring is 1. The maximum absolute atomic E-state index is 12.0. The van der Waals surface area contributed by atoms with Crippen LogP contribution >= 0.6 is 0 Å². The number of nitrogens with one attached hydrogen (secondary N) is 1. The number of sulfonamides is 1. The highest BCUT2D eigenvalue weighted by molar-refractivity contribution is 7.89. The fraction of sp³-hybridized carbons (Fsp3) is 0.583. The molecule has 106 valence electrons. The van der Waals surface area contributed by atoms with Gasteiger partial charge in [-0.15, -0.1) is 0 Å². The second kappa shape index (κ2) is 6.31. The lowest BCUT2D eigenvalue weighted by Crippen LogP contribution is -2.37. The zero-order valence-corrected chi connectivity index (χ0v) is 11.7. The molecule has 1 aromatic heterocycles. The summed E-state index contributed by atoms with van der Waals surface area (Å²) in [5, 5.41) is 0. The maximum Gasteiger partial charge on any atom is 0.244 e. The predicted molar refractivity (Wildman–Crippen MR) is 74.1 cm³/mol. The molecule has 1 aromatic rings. The number of hydrogen-bond acceptors (Lipinski definition) is 5. The molecule has 19 heavy (non-hydrogen) atoms. The van der Waals surface area contributed by atoms with E-state index >= 15 is 0 Å². The lowest BCUT2D eigenvalue weighted by atomic mass is 10.1. The van der Waals surface area contributed by atoms with Crippen molar-refractivity contribution in [1.82, 2.24) is 14.6 Å². The van der Waals surface area contributed by atoms with Gasteiger partial charge in [-0.05, 0) is 32.0 Å². The molecule has 1 aliphatic heterocycles. The highest BCUT2D eigenvalue weighted by Crippen LogP contribution is 2.15. The maximum atomic E-state index is 12.0. The Hall–Kier alpha value is -1.18. The smallest absolute Gasteiger partial charge is 0.244 e. The number of rotatable bonds is 5. The fourth-order valence-electron chi connectivity index (χ4n) is 2.21. The van der Waals surface area contributed by atoms with Gasteiger partial charge in [0.15, 0.2) is 0 Å². The molecule has 0 radical (unpaired) electrons. The van der Waals surface area contributed by atoms with Crippen LogP contribution in [-0.2, 0) is 10.0 Å². The summed E-state index contributed by atoms with van der Waals surface area (Å²) in [6.07, 6.45) is 6.42. The number of likely N-dealkylation sites (tertiary alicyclic amines) is 1. The Morgan fingerprint density at radius 1 is 1.32 bits per heavy atom. The summed E-state index contributed by atoms with van der Waals surface area (Å²) in [4.78, 5) is 6.13. The number of pyridine rings is 1. The minimum atomic E-state index is -3.56. The molecule has 0 atom stereocenters. The minimum Gasteiger partial charge on any atom is -0.398 e. The highest BCUT2D eigenvalue weighted by Gasteiger charge is 2.17. The molecule has 0 unspecified atom stereocenters. The van der Waals surface area contributed by atoms with Gasteiger partial charge in [0, 0.05) is 25.5 Å². The van der Waals surface area contributed by atoms with E-state index in [0.29, 0.717) is 6.54 Å². The van der Waals surface area contributed by atoms with Crippen LogP contribution in [0.25, 0.3) is 0 Å². The third kappa shape index (κ3) is 3.89. The topological polar surface area (TPSA) is 88.3 Å². The Morgan fingerprint density at radius 2 is 2.05 bits per heavy atom. The number of aromatic nitrogens is 1. The molecule has 3 N–H and O–H groups in total. The van der Waals surface area contributed by atoms with Gasteiger partial charge in [0.1, 0.15) is 4.90 Å². The van der Waals surface area contributed by atoms with Crippen LogP contribution in [0.2, 0.25) is 0 Å². The second-order valence-corrected chi connectivity index (χ2v) is 6.45. The van der Waals surface area contributed by atoms with E-state index in [9.17, 15) is 8.42 Å². The van der Waals surface area contributed by atoms with Crippen LogP contribution < -0.4 is 10.5 Å². The molecule has 0 aromatic carbocycles. The van der Waals surface area contributed by atoms with Crippen LogP contribution in [0.5, 0.6) is 0 Å². The first kappa shape index (κ1) is 14.2. The van der Waals surface area contributed by atoms with Gasteiger partial charge in [0.25, 0.3) is 0 Å². The molecule has 6 nitrogen and oxygen atoms in total. The van der Waals surface area contributed by atoms with E-state index in [1.807, 2.05) is 0 Å².